The third-order valence-electron chi connectivity index (χ3n) is 2.18. The molecular weight excluding hydrogens is 162 g/mol. The number of allylic oxidation sites excluding steroid dienone is 3. The second kappa shape index (κ2) is 6.58. The first-order valence-electron chi connectivity index (χ1n) is 4.79. The van der Waals surface area contributed by atoms with Crippen LogP contribution < -0.4 is 5.73 Å². The quantitative estimate of drug-likeness (QED) is 0.525. The predicted molar refractivity (Wildman–Crippen MR) is 57.0 cm³/mol. The van der Waals surface area contributed by atoms with E-state index in [1.165, 1.54) is 0 Å². The van der Waals surface area contributed by atoms with Crippen molar-refractivity contribution in [3.8, 4) is 0 Å². The first-order chi connectivity index (χ1) is 6.11. The molecule has 2 N–H and O–H groups in total. The van der Waals surface area contributed by atoms with Crippen LogP contribution in [0, 0.1) is 11.8 Å². The SMILES string of the molecule is CCC(/C=C\C=C(/N)OC)C(C)C. The lowest BCUT2D eigenvalue weighted by Crippen LogP contribution is -2.03. The van der Waals surface area contributed by atoms with E-state index < -0.39 is 0 Å². The smallest absolute Gasteiger partial charge is 0.183 e. The summed E-state index contributed by atoms with van der Waals surface area (Å²) in [5, 5.41) is 0. The minimum Gasteiger partial charge on any atom is -0.483 e. The van der Waals surface area contributed by atoms with Gasteiger partial charge >= 0.3 is 0 Å². The number of rotatable bonds is 5. The van der Waals surface area contributed by atoms with E-state index in [0.717, 1.165) is 6.42 Å². The van der Waals surface area contributed by atoms with Gasteiger partial charge in [-0.05, 0) is 24.3 Å². The van der Waals surface area contributed by atoms with Gasteiger partial charge in [-0.15, -0.1) is 0 Å². The van der Waals surface area contributed by atoms with Crippen LogP contribution in [0.15, 0.2) is 24.1 Å². The molecule has 1 unspecified atom stereocenters. The fourth-order valence-corrected chi connectivity index (χ4v) is 1.19. The van der Waals surface area contributed by atoms with E-state index >= 15 is 0 Å². The Morgan fingerprint density at radius 2 is 2.08 bits per heavy atom. The normalized spacial score (nSPS) is 15.3. The fourth-order valence-electron chi connectivity index (χ4n) is 1.19. The van der Waals surface area contributed by atoms with Crippen LogP contribution in [0.4, 0.5) is 0 Å². The first-order valence-corrected chi connectivity index (χ1v) is 4.79. The van der Waals surface area contributed by atoms with Crippen LogP contribution in [-0.2, 0) is 4.74 Å². The Balaban J connectivity index is 4.08. The molecule has 0 aromatic carbocycles. The molecule has 0 aromatic rings. The van der Waals surface area contributed by atoms with E-state index in [1.54, 1.807) is 13.2 Å². The summed E-state index contributed by atoms with van der Waals surface area (Å²) >= 11 is 0. The molecule has 0 aliphatic heterocycles. The Morgan fingerprint density at radius 3 is 2.46 bits per heavy atom. The summed E-state index contributed by atoms with van der Waals surface area (Å²) in [5.41, 5.74) is 5.46. The summed E-state index contributed by atoms with van der Waals surface area (Å²) < 4.78 is 4.81. The van der Waals surface area contributed by atoms with Crippen molar-refractivity contribution in [2.45, 2.75) is 27.2 Å². The zero-order valence-electron chi connectivity index (χ0n) is 9.08. The molecule has 1 atom stereocenters. The van der Waals surface area contributed by atoms with Crippen molar-refractivity contribution in [1.82, 2.24) is 0 Å². The van der Waals surface area contributed by atoms with E-state index in [-0.39, 0.29) is 0 Å². The minimum atomic E-state index is 0.454. The van der Waals surface area contributed by atoms with E-state index in [1.807, 2.05) is 6.08 Å². The lowest BCUT2D eigenvalue weighted by Gasteiger charge is -2.13. The molecule has 0 rings (SSSR count). The molecule has 0 heterocycles. The van der Waals surface area contributed by atoms with E-state index in [9.17, 15) is 0 Å². The van der Waals surface area contributed by atoms with Gasteiger partial charge in [0.05, 0.1) is 7.11 Å². The van der Waals surface area contributed by atoms with Crippen LogP contribution >= 0.6 is 0 Å². The Labute approximate surface area is 81.5 Å². The van der Waals surface area contributed by atoms with Crippen molar-refractivity contribution in [2.24, 2.45) is 17.6 Å². The average Bonchev–Trinajstić information content (AvgIpc) is 2.11. The summed E-state index contributed by atoms with van der Waals surface area (Å²) in [6.07, 6.45) is 7.09. The molecule has 0 aliphatic rings. The Hall–Kier alpha value is -0.920. The molecule has 0 fully saturated rings. The maximum Gasteiger partial charge on any atom is 0.183 e. The second-order valence-electron chi connectivity index (χ2n) is 3.47. The molecule has 0 aliphatic carbocycles. The van der Waals surface area contributed by atoms with Crippen molar-refractivity contribution in [3.63, 3.8) is 0 Å². The summed E-state index contributed by atoms with van der Waals surface area (Å²) in [5.74, 6) is 1.76. The second-order valence-corrected chi connectivity index (χ2v) is 3.47. The Kier molecular flexibility index (Phi) is 6.11. The van der Waals surface area contributed by atoms with Gasteiger partial charge in [-0.3, -0.25) is 0 Å². The van der Waals surface area contributed by atoms with Crippen LogP contribution in [-0.4, -0.2) is 7.11 Å². The van der Waals surface area contributed by atoms with Gasteiger partial charge in [0.1, 0.15) is 0 Å². The van der Waals surface area contributed by atoms with Gasteiger partial charge in [0.2, 0.25) is 0 Å². The number of ether oxygens (including phenoxy) is 1. The highest BCUT2D eigenvalue weighted by Crippen LogP contribution is 2.15. The zero-order chi connectivity index (χ0) is 10.3. The maximum absolute atomic E-state index is 5.46. The Bertz CT molecular complexity index is 183. The van der Waals surface area contributed by atoms with Crippen LogP contribution in [0.5, 0.6) is 0 Å². The van der Waals surface area contributed by atoms with E-state index in [0.29, 0.717) is 17.7 Å². The van der Waals surface area contributed by atoms with Gasteiger partial charge in [0, 0.05) is 0 Å². The lowest BCUT2D eigenvalue weighted by molar-refractivity contribution is 0.287. The van der Waals surface area contributed by atoms with E-state index in [2.05, 4.69) is 26.8 Å². The third-order valence-corrected chi connectivity index (χ3v) is 2.18. The summed E-state index contributed by atoms with van der Waals surface area (Å²) in [4.78, 5) is 0. The molecule has 0 aromatic heterocycles. The monoisotopic (exact) mass is 183 g/mol. The molecule has 0 bridgehead atoms. The molecule has 76 valence electrons. The molecule has 13 heavy (non-hydrogen) atoms. The van der Waals surface area contributed by atoms with Crippen LogP contribution in [0.2, 0.25) is 0 Å². The van der Waals surface area contributed by atoms with E-state index in [4.69, 9.17) is 10.5 Å². The molecule has 0 amide bonds. The summed E-state index contributed by atoms with van der Waals surface area (Å²) in [6.45, 7) is 6.64. The van der Waals surface area contributed by atoms with Crippen LogP contribution in [0.3, 0.4) is 0 Å². The first kappa shape index (κ1) is 12.1. The third kappa shape index (κ3) is 5.34. The standard InChI is InChI=1S/C11H21NO/c1-5-10(9(2)3)7-6-8-11(12)13-4/h6-10H,5,12H2,1-4H3/b7-6-,11-8+. The molecule has 2 nitrogen and oxygen atoms in total. The molecule has 0 radical (unpaired) electrons. The average molecular weight is 183 g/mol. The number of nitrogens with two attached hydrogens (primary N) is 1. The fraction of sp³-hybridized carbons (Fsp3) is 0.636. The topological polar surface area (TPSA) is 35.2 Å². The highest BCUT2D eigenvalue weighted by Gasteiger charge is 2.05. The number of methoxy groups -OCH3 is 1. The van der Waals surface area contributed by atoms with Gasteiger partial charge < -0.3 is 10.5 Å². The van der Waals surface area contributed by atoms with Crippen molar-refractivity contribution < 1.29 is 4.74 Å². The minimum absolute atomic E-state index is 0.454. The van der Waals surface area contributed by atoms with Crippen LogP contribution in [0.1, 0.15) is 27.2 Å². The number of hydrogen-bond acceptors (Lipinski definition) is 2. The molecule has 2 heteroatoms. The van der Waals surface area contributed by atoms with Gasteiger partial charge in [-0.2, -0.15) is 0 Å². The maximum atomic E-state index is 5.46. The van der Waals surface area contributed by atoms with Crippen molar-refractivity contribution >= 4 is 0 Å². The van der Waals surface area contributed by atoms with Crippen molar-refractivity contribution in [1.29, 1.82) is 0 Å². The summed E-state index contributed by atoms with van der Waals surface area (Å²) in [6, 6.07) is 0. The lowest BCUT2D eigenvalue weighted by atomic mass is 9.93. The van der Waals surface area contributed by atoms with Gasteiger partial charge in [-0.25, -0.2) is 0 Å². The predicted octanol–water partition coefficient (Wildman–Crippen LogP) is 2.67. The van der Waals surface area contributed by atoms with Crippen LogP contribution in [0.25, 0.3) is 0 Å². The summed E-state index contributed by atoms with van der Waals surface area (Å²) in [7, 11) is 1.57. The molecule has 0 saturated carbocycles. The van der Waals surface area contributed by atoms with Crippen molar-refractivity contribution in [2.75, 3.05) is 7.11 Å². The zero-order valence-corrected chi connectivity index (χ0v) is 9.08. The highest BCUT2D eigenvalue weighted by molar-refractivity contribution is 5.06. The molecular formula is C11H21NO. The van der Waals surface area contributed by atoms with Gasteiger partial charge in [-0.1, -0.05) is 32.9 Å². The largest absolute Gasteiger partial charge is 0.483 e. The highest BCUT2D eigenvalue weighted by atomic mass is 16.5. The van der Waals surface area contributed by atoms with Gasteiger partial charge in [0.15, 0.2) is 5.88 Å². The number of hydrogen-bond donors (Lipinski definition) is 1. The van der Waals surface area contributed by atoms with Crippen molar-refractivity contribution in [3.05, 3.63) is 24.1 Å². The molecule has 0 spiro atoms. The Morgan fingerprint density at radius 1 is 1.46 bits per heavy atom. The van der Waals surface area contributed by atoms with Gasteiger partial charge in [0.25, 0.3) is 0 Å². The molecule has 0 saturated heterocycles.